The Labute approximate surface area is 138 Å². The molecule has 5 heteroatoms. The third-order valence-corrected chi connectivity index (χ3v) is 4.33. The number of benzene rings is 1. The predicted octanol–water partition coefficient (Wildman–Crippen LogP) is 2.13. The van der Waals surface area contributed by atoms with Crippen molar-refractivity contribution in [2.45, 2.75) is 39.2 Å². The van der Waals surface area contributed by atoms with Gasteiger partial charge in [0.05, 0.1) is 25.2 Å². The standard InChI is InChI=1S/C18H28N2O3/c1-13(2)15-6-4-5-7-16(15)20-17(22)8-14(3)19-9-18(10-21)11-23-12-18/h4-7,13-14,19,21H,8-12H2,1-3H3,(H,20,22). The highest BCUT2D eigenvalue weighted by Crippen LogP contribution is 2.26. The largest absolute Gasteiger partial charge is 0.396 e. The molecule has 1 aromatic rings. The Kier molecular flexibility index (Phi) is 6.16. The van der Waals surface area contributed by atoms with E-state index in [1.54, 1.807) is 0 Å². The number of aliphatic hydroxyl groups excluding tert-OH is 1. The van der Waals surface area contributed by atoms with E-state index in [0.717, 1.165) is 11.3 Å². The van der Waals surface area contributed by atoms with Crippen molar-refractivity contribution in [3.05, 3.63) is 29.8 Å². The van der Waals surface area contributed by atoms with Gasteiger partial charge in [0.15, 0.2) is 0 Å². The van der Waals surface area contributed by atoms with Gasteiger partial charge in [-0.05, 0) is 24.5 Å². The zero-order valence-corrected chi connectivity index (χ0v) is 14.3. The van der Waals surface area contributed by atoms with Crippen LogP contribution < -0.4 is 10.6 Å². The van der Waals surface area contributed by atoms with E-state index in [1.165, 1.54) is 0 Å². The Morgan fingerprint density at radius 2 is 2.00 bits per heavy atom. The van der Waals surface area contributed by atoms with E-state index in [-0.39, 0.29) is 24.0 Å². The van der Waals surface area contributed by atoms with E-state index in [4.69, 9.17) is 4.74 Å². The van der Waals surface area contributed by atoms with E-state index >= 15 is 0 Å². The molecule has 0 bridgehead atoms. The number of amides is 1. The molecule has 1 saturated heterocycles. The highest BCUT2D eigenvalue weighted by atomic mass is 16.5. The Balaban J connectivity index is 1.82. The van der Waals surface area contributed by atoms with Crippen LogP contribution in [0.1, 0.15) is 38.7 Å². The fraction of sp³-hybridized carbons (Fsp3) is 0.611. The monoisotopic (exact) mass is 320 g/mol. The minimum absolute atomic E-state index is 0.000933. The molecule has 1 amide bonds. The molecular weight excluding hydrogens is 292 g/mol. The molecule has 5 nitrogen and oxygen atoms in total. The number of carbonyl (C=O) groups excluding carboxylic acids is 1. The maximum atomic E-state index is 12.3. The first-order valence-corrected chi connectivity index (χ1v) is 8.26. The van der Waals surface area contributed by atoms with Gasteiger partial charge in [-0.1, -0.05) is 32.0 Å². The van der Waals surface area contributed by atoms with Crippen molar-refractivity contribution >= 4 is 11.6 Å². The van der Waals surface area contributed by atoms with Gasteiger partial charge >= 0.3 is 0 Å². The Hall–Kier alpha value is -1.43. The maximum absolute atomic E-state index is 12.3. The predicted molar refractivity (Wildman–Crippen MR) is 91.6 cm³/mol. The number of nitrogens with one attached hydrogen (secondary N) is 2. The quantitative estimate of drug-likeness (QED) is 0.686. The van der Waals surface area contributed by atoms with E-state index in [9.17, 15) is 9.90 Å². The summed E-state index contributed by atoms with van der Waals surface area (Å²) in [5.74, 6) is 0.367. The number of aliphatic hydroxyl groups is 1. The van der Waals surface area contributed by atoms with Gasteiger partial charge in [0, 0.05) is 24.7 Å². The van der Waals surface area contributed by atoms with Gasteiger partial charge in [-0.15, -0.1) is 0 Å². The number of para-hydroxylation sites is 1. The molecule has 1 atom stereocenters. The average molecular weight is 320 g/mol. The molecule has 2 rings (SSSR count). The molecule has 128 valence electrons. The lowest BCUT2D eigenvalue weighted by atomic mass is 9.87. The summed E-state index contributed by atoms with van der Waals surface area (Å²) < 4.78 is 5.18. The Morgan fingerprint density at radius 3 is 2.57 bits per heavy atom. The average Bonchev–Trinajstić information content (AvgIpc) is 2.46. The van der Waals surface area contributed by atoms with Gasteiger partial charge in [0.2, 0.25) is 5.91 Å². The summed E-state index contributed by atoms with van der Waals surface area (Å²) in [6.45, 7) is 8.16. The zero-order chi connectivity index (χ0) is 16.9. The summed E-state index contributed by atoms with van der Waals surface area (Å²) in [6, 6.07) is 7.96. The van der Waals surface area contributed by atoms with E-state index < -0.39 is 0 Å². The summed E-state index contributed by atoms with van der Waals surface area (Å²) in [5.41, 5.74) is 1.86. The third kappa shape index (κ3) is 4.77. The van der Waals surface area contributed by atoms with Gasteiger partial charge in [0.1, 0.15) is 0 Å². The lowest BCUT2D eigenvalue weighted by Gasteiger charge is -2.40. The van der Waals surface area contributed by atoms with Crippen molar-refractivity contribution in [1.29, 1.82) is 0 Å². The van der Waals surface area contributed by atoms with Crippen LogP contribution in [0.25, 0.3) is 0 Å². The summed E-state index contributed by atoms with van der Waals surface area (Å²) in [4.78, 5) is 12.3. The Bertz CT molecular complexity index is 521. The summed E-state index contributed by atoms with van der Waals surface area (Å²) in [6.07, 6.45) is 0.398. The van der Waals surface area contributed by atoms with Crippen molar-refractivity contribution in [3.8, 4) is 0 Å². The molecule has 23 heavy (non-hydrogen) atoms. The number of rotatable bonds is 8. The number of ether oxygens (including phenoxy) is 1. The highest BCUT2D eigenvalue weighted by Gasteiger charge is 2.38. The topological polar surface area (TPSA) is 70.6 Å². The van der Waals surface area contributed by atoms with Gasteiger partial charge in [-0.2, -0.15) is 0 Å². The Morgan fingerprint density at radius 1 is 1.30 bits per heavy atom. The summed E-state index contributed by atoms with van der Waals surface area (Å²) >= 11 is 0. The number of carbonyl (C=O) groups is 1. The van der Waals surface area contributed by atoms with E-state index in [1.807, 2.05) is 31.2 Å². The molecular formula is C18H28N2O3. The van der Waals surface area contributed by atoms with Gasteiger partial charge in [-0.3, -0.25) is 4.79 Å². The number of hydrogen-bond acceptors (Lipinski definition) is 4. The van der Waals surface area contributed by atoms with Crippen LogP contribution >= 0.6 is 0 Å². The molecule has 0 aliphatic carbocycles. The molecule has 0 saturated carbocycles. The minimum atomic E-state index is -0.172. The molecule has 1 fully saturated rings. The first-order chi connectivity index (χ1) is 11.0. The molecule has 3 N–H and O–H groups in total. The van der Waals surface area contributed by atoms with Crippen LogP contribution in [0.5, 0.6) is 0 Å². The number of anilines is 1. The van der Waals surface area contributed by atoms with E-state index in [2.05, 4.69) is 24.5 Å². The van der Waals surface area contributed by atoms with Crippen molar-refractivity contribution in [2.75, 3.05) is 31.7 Å². The zero-order valence-electron chi connectivity index (χ0n) is 14.3. The SMILES string of the molecule is CC(CC(=O)Nc1ccccc1C(C)C)NCC1(CO)COC1. The van der Waals surface area contributed by atoms with Crippen molar-refractivity contribution < 1.29 is 14.6 Å². The van der Waals surface area contributed by atoms with Crippen LogP contribution in [-0.2, 0) is 9.53 Å². The second-order valence-electron chi connectivity index (χ2n) is 6.93. The fourth-order valence-corrected chi connectivity index (χ4v) is 2.70. The van der Waals surface area contributed by atoms with Gasteiger partial charge < -0.3 is 20.5 Å². The summed E-state index contributed by atoms with van der Waals surface area (Å²) in [5, 5.41) is 15.7. The van der Waals surface area contributed by atoms with Crippen LogP contribution in [0, 0.1) is 5.41 Å². The molecule has 1 aromatic carbocycles. The minimum Gasteiger partial charge on any atom is -0.396 e. The maximum Gasteiger partial charge on any atom is 0.225 e. The van der Waals surface area contributed by atoms with Crippen LogP contribution in [0.4, 0.5) is 5.69 Å². The molecule has 0 spiro atoms. The molecule has 1 aliphatic heterocycles. The molecule has 0 aromatic heterocycles. The van der Waals surface area contributed by atoms with Crippen LogP contribution in [0.3, 0.4) is 0 Å². The smallest absolute Gasteiger partial charge is 0.225 e. The van der Waals surface area contributed by atoms with Crippen LogP contribution in [-0.4, -0.2) is 43.4 Å². The first kappa shape index (κ1) is 17.9. The molecule has 1 heterocycles. The molecule has 0 radical (unpaired) electrons. The normalized spacial score (nSPS) is 17.6. The second kappa shape index (κ2) is 7.90. The van der Waals surface area contributed by atoms with Gasteiger partial charge in [-0.25, -0.2) is 0 Å². The first-order valence-electron chi connectivity index (χ1n) is 8.26. The van der Waals surface area contributed by atoms with Gasteiger partial charge in [0.25, 0.3) is 0 Å². The second-order valence-corrected chi connectivity index (χ2v) is 6.93. The van der Waals surface area contributed by atoms with Crippen molar-refractivity contribution in [3.63, 3.8) is 0 Å². The van der Waals surface area contributed by atoms with Crippen LogP contribution in [0.2, 0.25) is 0 Å². The summed E-state index contributed by atoms with van der Waals surface area (Å²) in [7, 11) is 0. The third-order valence-electron chi connectivity index (χ3n) is 4.33. The molecule has 1 aliphatic rings. The van der Waals surface area contributed by atoms with Crippen molar-refractivity contribution in [1.82, 2.24) is 5.32 Å². The van der Waals surface area contributed by atoms with Crippen molar-refractivity contribution in [2.24, 2.45) is 5.41 Å². The number of hydrogen-bond donors (Lipinski definition) is 3. The van der Waals surface area contributed by atoms with Crippen LogP contribution in [0.15, 0.2) is 24.3 Å². The lowest BCUT2D eigenvalue weighted by Crippen LogP contribution is -2.53. The fourth-order valence-electron chi connectivity index (χ4n) is 2.70. The molecule has 1 unspecified atom stereocenters. The highest BCUT2D eigenvalue weighted by molar-refractivity contribution is 5.91. The lowest BCUT2D eigenvalue weighted by molar-refractivity contribution is -0.135. The van der Waals surface area contributed by atoms with E-state index in [0.29, 0.717) is 32.1 Å².